The van der Waals surface area contributed by atoms with Crippen molar-refractivity contribution in [3.63, 3.8) is 0 Å². The number of carbonyl (C=O) groups is 1. The second-order valence-electron chi connectivity index (χ2n) is 3.95. The fraction of sp³-hybridized carbons (Fsp3) is 0.909. The molecule has 0 spiro atoms. The van der Waals surface area contributed by atoms with Crippen LogP contribution < -0.4 is 5.32 Å². The lowest BCUT2D eigenvalue weighted by molar-refractivity contribution is -0.139. The molecule has 15 heavy (non-hydrogen) atoms. The topological polar surface area (TPSA) is 41.6 Å². The summed E-state index contributed by atoms with van der Waals surface area (Å²) in [5.41, 5.74) is 0. The summed E-state index contributed by atoms with van der Waals surface area (Å²) >= 11 is 0. The van der Waals surface area contributed by atoms with Crippen LogP contribution in [0.5, 0.6) is 0 Å². The molecule has 0 aromatic rings. The predicted molar refractivity (Wildman–Crippen MR) is 59.8 cm³/mol. The number of hydrogen-bond acceptors (Lipinski definition) is 3. The minimum atomic E-state index is 0.136. The molecule has 0 aromatic carbocycles. The maximum absolute atomic E-state index is 11.8. The maximum Gasteiger partial charge on any atom is 0.248 e. The van der Waals surface area contributed by atoms with E-state index in [1.807, 2.05) is 11.8 Å². The summed E-state index contributed by atoms with van der Waals surface area (Å²) in [4.78, 5) is 13.8. The first kappa shape index (κ1) is 12.5. The van der Waals surface area contributed by atoms with Crippen LogP contribution >= 0.6 is 0 Å². The van der Waals surface area contributed by atoms with Crippen molar-refractivity contribution in [1.82, 2.24) is 10.2 Å². The Bertz CT molecular complexity index is 193. The molecule has 1 aliphatic rings. The highest BCUT2D eigenvalue weighted by Crippen LogP contribution is 2.06. The molecule has 0 saturated carbocycles. The molecule has 1 heterocycles. The van der Waals surface area contributed by atoms with Gasteiger partial charge in [0, 0.05) is 26.2 Å². The van der Waals surface area contributed by atoms with E-state index in [-0.39, 0.29) is 12.5 Å². The lowest BCUT2D eigenvalue weighted by Gasteiger charge is -2.38. The quantitative estimate of drug-likeness (QED) is 0.632. The first-order chi connectivity index (χ1) is 7.29. The number of ether oxygens (including phenoxy) is 1. The Balaban J connectivity index is 2.29. The highest BCUT2D eigenvalue weighted by Gasteiger charge is 2.27. The molecular formula is C11H22N2O2. The molecule has 1 amide bonds. The molecule has 1 N–H and O–H groups in total. The van der Waals surface area contributed by atoms with Crippen molar-refractivity contribution in [2.75, 3.05) is 32.8 Å². The lowest BCUT2D eigenvalue weighted by Crippen LogP contribution is -2.59. The molecule has 0 atom stereocenters. The summed E-state index contributed by atoms with van der Waals surface area (Å²) in [5.74, 6) is 0.136. The van der Waals surface area contributed by atoms with Crippen molar-refractivity contribution in [3.8, 4) is 0 Å². The van der Waals surface area contributed by atoms with E-state index in [2.05, 4.69) is 12.2 Å². The zero-order valence-electron chi connectivity index (χ0n) is 9.79. The molecule has 4 heteroatoms. The van der Waals surface area contributed by atoms with Crippen LogP contribution in [0.3, 0.4) is 0 Å². The van der Waals surface area contributed by atoms with E-state index >= 15 is 0 Å². The van der Waals surface area contributed by atoms with Crippen LogP contribution in [-0.2, 0) is 9.53 Å². The Morgan fingerprint density at radius 3 is 2.60 bits per heavy atom. The van der Waals surface area contributed by atoms with Crippen molar-refractivity contribution in [2.24, 2.45) is 0 Å². The summed E-state index contributed by atoms with van der Waals surface area (Å²) in [6.45, 7) is 7.77. The third kappa shape index (κ3) is 3.80. The monoisotopic (exact) mass is 214 g/mol. The van der Waals surface area contributed by atoms with Gasteiger partial charge in [0.2, 0.25) is 5.91 Å². The summed E-state index contributed by atoms with van der Waals surface area (Å²) in [7, 11) is 0. The summed E-state index contributed by atoms with van der Waals surface area (Å²) < 4.78 is 5.28. The third-order valence-electron chi connectivity index (χ3n) is 2.56. The van der Waals surface area contributed by atoms with Gasteiger partial charge in [0.15, 0.2) is 0 Å². The third-order valence-corrected chi connectivity index (χ3v) is 2.56. The Morgan fingerprint density at radius 1 is 1.40 bits per heavy atom. The van der Waals surface area contributed by atoms with E-state index < -0.39 is 0 Å². The van der Waals surface area contributed by atoms with Crippen LogP contribution in [0.25, 0.3) is 0 Å². The number of carbonyl (C=O) groups excluding carboxylic acids is 1. The van der Waals surface area contributed by atoms with Crippen LogP contribution in [0.2, 0.25) is 0 Å². The van der Waals surface area contributed by atoms with Crippen molar-refractivity contribution >= 4 is 5.91 Å². The number of rotatable bonds is 7. The van der Waals surface area contributed by atoms with Gasteiger partial charge in [-0.3, -0.25) is 4.79 Å². The highest BCUT2D eigenvalue weighted by atomic mass is 16.5. The van der Waals surface area contributed by atoms with Crippen LogP contribution in [0.1, 0.15) is 26.7 Å². The minimum absolute atomic E-state index is 0.136. The van der Waals surface area contributed by atoms with Crippen molar-refractivity contribution in [2.45, 2.75) is 32.7 Å². The molecular weight excluding hydrogens is 192 g/mol. The summed E-state index contributed by atoms with van der Waals surface area (Å²) in [6.07, 6.45) is 1.97. The average Bonchev–Trinajstić information content (AvgIpc) is 2.14. The standard InChI is InChI=1S/C11H22N2O2/c1-3-5-13(10-7-12-8-10)11(14)9-15-6-4-2/h10,12H,3-9H2,1-2H3. The largest absolute Gasteiger partial charge is 0.372 e. The zero-order valence-corrected chi connectivity index (χ0v) is 9.79. The smallest absolute Gasteiger partial charge is 0.248 e. The van der Waals surface area contributed by atoms with Gasteiger partial charge >= 0.3 is 0 Å². The molecule has 1 aliphatic heterocycles. The van der Waals surface area contributed by atoms with E-state index in [1.54, 1.807) is 0 Å². The molecule has 1 rings (SSSR count). The van der Waals surface area contributed by atoms with E-state index in [9.17, 15) is 4.79 Å². The SMILES string of the molecule is CCCOCC(=O)N(CCC)C1CNC1. The summed E-state index contributed by atoms with van der Waals surface area (Å²) in [6, 6.07) is 0.391. The van der Waals surface area contributed by atoms with Crippen LogP contribution in [-0.4, -0.2) is 49.7 Å². The van der Waals surface area contributed by atoms with E-state index in [1.165, 1.54) is 0 Å². The number of nitrogens with zero attached hydrogens (tertiary/aromatic N) is 1. The first-order valence-corrected chi connectivity index (χ1v) is 5.87. The van der Waals surface area contributed by atoms with Gasteiger partial charge in [-0.2, -0.15) is 0 Å². The van der Waals surface area contributed by atoms with Gasteiger partial charge in [-0.1, -0.05) is 13.8 Å². The van der Waals surface area contributed by atoms with E-state index in [0.29, 0.717) is 12.6 Å². The molecule has 4 nitrogen and oxygen atoms in total. The molecule has 0 radical (unpaired) electrons. The Labute approximate surface area is 92.0 Å². The Morgan fingerprint density at radius 2 is 2.13 bits per heavy atom. The first-order valence-electron chi connectivity index (χ1n) is 5.87. The Hall–Kier alpha value is -0.610. The predicted octanol–water partition coefficient (Wildman–Crippen LogP) is 0.623. The van der Waals surface area contributed by atoms with Gasteiger partial charge in [0.05, 0.1) is 6.04 Å². The average molecular weight is 214 g/mol. The normalized spacial score (nSPS) is 16.1. The number of amides is 1. The van der Waals surface area contributed by atoms with Gasteiger partial charge in [0.1, 0.15) is 6.61 Å². The maximum atomic E-state index is 11.8. The van der Waals surface area contributed by atoms with Crippen LogP contribution in [0.4, 0.5) is 0 Å². The molecule has 1 fully saturated rings. The fourth-order valence-electron chi connectivity index (χ4n) is 1.63. The van der Waals surface area contributed by atoms with Gasteiger partial charge in [-0.05, 0) is 12.8 Å². The van der Waals surface area contributed by atoms with Gasteiger partial charge < -0.3 is 15.0 Å². The molecule has 88 valence electrons. The van der Waals surface area contributed by atoms with Crippen molar-refractivity contribution in [1.29, 1.82) is 0 Å². The molecule has 0 aliphatic carbocycles. The second kappa shape index (κ2) is 6.80. The van der Waals surface area contributed by atoms with Crippen LogP contribution in [0, 0.1) is 0 Å². The van der Waals surface area contributed by atoms with E-state index in [0.717, 1.165) is 32.5 Å². The summed E-state index contributed by atoms with van der Waals surface area (Å²) in [5, 5.41) is 3.19. The molecule has 0 aromatic heterocycles. The Kier molecular flexibility index (Phi) is 5.65. The van der Waals surface area contributed by atoms with Gasteiger partial charge in [-0.15, -0.1) is 0 Å². The van der Waals surface area contributed by atoms with Crippen molar-refractivity contribution in [3.05, 3.63) is 0 Å². The van der Waals surface area contributed by atoms with Crippen LogP contribution in [0.15, 0.2) is 0 Å². The highest BCUT2D eigenvalue weighted by molar-refractivity contribution is 5.78. The fourth-order valence-corrected chi connectivity index (χ4v) is 1.63. The second-order valence-corrected chi connectivity index (χ2v) is 3.95. The van der Waals surface area contributed by atoms with E-state index in [4.69, 9.17) is 4.74 Å². The number of nitrogens with one attached hydrogen (secondary N) is 1. The van der Waals surface area contributed by atoms with Crippen molar-refractivity contribution < 1.29 is 9.53 Å². The molecule has 1 saturated heterocycles. The minimum Gasteiger partial charge on any atom is -0.372 e. The van der Waals surface area contributed by atoms with Gasteiger partial charge in [-0.25, -0.2) is 0 Å². The molecule has 0 unspecified atom stereocenters. The number of hydrogen-bond donors (Lipinski definition) is 1. The zero-order chi connectivity index (χ0) is 11.1. The lowest BCUT2D eigenvalue weighted by atomic mass is 10.1. The molecule has 0 bridgehead atoms. The van der Waals surface area contributed by atoms with Gasteiger partial charge in [0.25, 0.3) is 0 Å².